The summed E-state index contributed by atoms with van der Waals surface area (Å²) >= 11 is -0.826. The molecule has 0 aliphatic heterocycles. The van der Waals surface area contributed by atoms with E-state index in [2.05, 4.69) is 75.5 Å². The van der Waals surface area contributed by atoms with Gasteiger partial charge in [-0.3, -0.25) is 0 Å². The van der Waals surface area contributed by atoms with Crippen molar-refractivity contribution in [1.82, 2.24) is 0 Å². The Morgan fingerprint density at radius 3 is 2.05 bits per heavy atom. The molecule has 5 aliphatic rings. The Bertz CT molecular complexity index is 1140. The number of halogens is 2. The molecule has 4 saturated carbocycles. The van der Waals surface area contributed by atoms with E-state index in [0.717, 1.165) is 47.0 Å². The number of benzene rings is 2. The Hall–Kier alpha value is 0.337. The van der Waals surface area contributed by atoms with Gasteiger partial charge in [-0.05, 0) is 88.5 Å². The molecule has 5 heteroatoms. The van der Waals surface area contributed by atoms with E-state index in [9.17, 15) is 0 Å². The zero-order valence-corrected chi connectivity index (χ0v) is 34.9. The average Bonchev–Trinajstić information content (AvgIpc) is 3.79. The van der Waals surface area contributed by atoms with Crippen LogP contribution in [-0.2, 0) is 20.8 Å². The Labute approximate surface area is 293 Å². The van der Waals surface area contributed by atoms with Gasteiger partial charge >= 0.3 is 37.9 Å². The molecule has 7 rings (SSSR count). The molecule has 2 aromatic carbocycles. The maximum atomic E-state index is 4.93. The summed E-state index contributed by atoms with van der Waals surface area (Å²) in [7, 11) is 8.54. The van der Waals surface area contributed by atoms with E-state index in [1.165, 1.54) is 44.1 Å². The zero-order valence-electron chi connectivity index (χ0n) is 28.6. The fourth-order valence-corrected chi connectivity index (χ4v) is 25.1. The molecule has 0 aromatic heterocycles. The van der Waals surface area contributed by atoms with Crippen LogP contribution in [0.25, 0.3) is 11.1 Å². The van der Waals surface area contributed by atoms with E-state index in [1.807, 2.05) is 0 Å². The standard InChI is InChI=1S/C37H54Si2.2CH3.2ClH.Zr/c1-5-6-12-25-19-20-27(22-25)38(3)39(4)37-24(2)21-33-34(37)23-26-13-11-18-28(26)35(33)36-31-16-9-7-14-29(31)30-15-8-10-17-32(30)36;;;;;/h7-10,14-17,24-28,33-39H,5-6,11-13,18-23H2,1-4H3;2*1H3;2*1H;/q;2*-1;;;+4/p-2. The van der Waals surface area contributed by atoms with Crippen molar-refractivity contribution in [3.63, 3.8) is 0 Å². The molecule has 11 unspecified atom stereocenters. The first-order valence-corrected chi connectivity index (χ1v) is 30.3. The van der Waals surface area contributed by atoms with E-state index in [1.54, 1.807) is 54.4 Å². The van der Waals surface area contributed by atoms with Gasteiger partial charge in [-0.15, -0.1) is 0 Å². The number of rotatable bonds is 7. The van der Waals surface area contributed by atoms with E-state index >= 15 is 0 Å². The summed E-state index contributed by atoms with van der Waals surface area (Å²) < 4.78 is 0. The number of hydrogen-bond donors (Lipinski definition) is 0. The monoisotopic (exact) mass is 744 g/mol. The minimum atomic E-state index is -0.826. The first kappa shape index (κ1) is 37.2. The van der Waals surface area contributed by atoms with Crippen LogP contribution < -0.4 is 0 Å². The van der Waals surface area contributed by atoms with Gasteiger partial charge < -0.3 is 14.9 Å². The molecular formula is C39H60Cl2Si2Zr. The van der Waals surface area contributed by atoms with Crippen LogP contribution in [0.15, 0.2) is 48.5 Å². The number of unbranched alkanes of at least 4 members (excludes halogenated alkanes) is 1. The summed E-state index contributed by atoms with van der Waals surface area (Å²) in [4.78, 5) is 0. The Morgan fingerprint density at radius 1 is 0.773 bits per heavy atom. The van der Waals surface area contributed by atoms with Gasteiger partial charge in [0.1, 0.15) is 0 Å². The summed E-state index contributed by atoms with van der Waals surface area (Å²) in [6, 6.07) is 19.1. The molecule has 0 N–H and O–H groups in total. The van der Waals surface area contributed by atoms with Crippen molar-refractivity contribution in [3.05, 3.63) is 74.5 Å². The van der Waals surface area contributed by atoms with Crippen LogP contribution in [-0.4, -0.2) is 16.6 Å². The third-order valence-corrected chi connectivity index (χ3v) is 27.7. The van der Waals surface area contributed by atoms with Gasteiger partial charge in [0.25, 0.3) is 0 Å². The van der Waals surface area contributed by atoms with E-state index in [0.29, 0.717) is 5.92 Å². The van der Waals surface area contributed by atoms with Crippen LogP contribution in [0.4, 0.5) is 0 Å². The second-order valence-corrected chi connectivity index (χ2v) is 30.5. The molecule has 2 aromatic rings. The third-order valence-electron chi connectivity index (χ3n) is 13.6. The van der Waals surface area contributed by atoms with Crippen molar-refractivity contribution in [2.75, 3.05) is 0 Å². The molecule has 0 radical (unpaired) electrons. The fraction of sp³-hybridized carbons (Fsp3) is 0.641. The molecule has 0 spiro atoms. The van der Waals surface area contributed by atoms with Gasteiger partial charge in [0.2, 0.25) is 0 Å². The van der Waals surface area contributed by atoms with Gasteiger partial charge in [0.05, 0.1) is 0 Å². The summed E-state index contributed by atoms with van der Waals surface area (Å²) in [5.74, 6) is 7.64. The van der Waals surface area contributed by atoms with Crippen molar-refractivity contribution in [3.8, 4) is 11.1 Å². The second-order valence-electron chi connectivity index (χ2n) is 15.3. The Morgan fingerprint density at radius 2 is 1.41 bits per heavy atom. The van der Waals surface area contributed by atoms with Crippen LogP contribution in [0.1, 0.15) is 102 Å². The normalized spacial score (nSPS) is 34.5. The van der Waals surface area contributed by atoms with Crippen molar-refractivity contribution in [2.45, 2.75) is 115 Å². The van der Waals surface area contributed by atoms with Crippen LogP contribution in [0.2, 0.25) is 24.2 Å². The van der Waals surface area contributed by atoms with Gasteiger partial charge in [0.15, 0.2) is 0 Å². The fourth-order valence-electron chi connectivity index (χ4n) is 11.9. The molecular weight excluding hydrogens is 687 g/mol. The molecule has 11 atom stereocenters. The van der Waals surface area contributed by atoms with E-state index < -0.39 is 37.5 Å². The molecule has 0 heterocycles. The molecule has 242 valence electrons. The summed E-state index contributed by atoms with van der Waals surface area (Å²) in [5.41, 5.74) is 8.81. The average molecular weight is 747 g/mol. The molecule has 0 saturated heterocycles. The van der Waals surface area contributed by atoms with Gasteiger partial charge in [-0.2, -0.15) is 0 Å². The van der Waals surface area contributed by atoms with Gasteiger partial charge in [-0.1, -0.05) is 132 Å². The second kappa shape index (κ2) is 16.6. The van der Waals surface area contributed by atoms with E-state index in [4.69, 9.17) is 17.0 Å². The minimum absolute atomic E-state index is 0. The first-order valence-electron chi connectivity index (χ1n) is 17.6. The summed E-state index contributed by atoms with van der Waals surface area (Å²) in [6.07, 6.45) is 16.9. The van der Waals surface area contributed by atoms with Crippen molar-refractivity contribution < 1.29 is 20.8 Å². The molecule has 5 aliphatic carbocycles. The van der Waals surface area contributed by atoms with Gasteiger partial charge in [0, 0.05) is 22.5 Å². The van der Waals surface area contributed by atoms with Crippen LogP contribution >= 0.6 is 17.0 Å². The molecule has 44 heavy (non-hydrogen) atoms. The molecule has 0 nitrogen and oxygen atoms in total. The Kier molecular flexibility index (Phi) is 14.0. The number of hydrogen-bond acceptors (Lipinski definition) is 0. The predicted molar refractivity (Wildman–Crippen MR) is 198 cm³/mol. The van der Waals surface area contributed by atoms with Gasteiger partial charge in [-0.25, -0.2) is 0 Å². The zero-order chi connectivity index (χ0) is 29.4. The topological polar surface area (TPSA) is 0 Å². The van der Waals surface area contributed by atoms with Crippen LogP contribution in [0.3, 0.4) is 0 Å². The van der Waals surface area contributed by atoms with Crippen molar-refractivity contribution in [2.24, 2.45) is 41.4 Å². The Balaban J connectivity index is 0.000000851. The molecule has 0 bridgehead atoms. The predicted octanol–water partition coefficient (Wildman–Crippen LogP) is 12.3. The van der Waals surface area contributed by atoms with E-state index in [-0.39, 0.29) is 14.9 Å². The van der Waals surface area contributed by atoms with Crippen LogP contribution in [0.5, 0.6) is 0 Å². The summed E-state index contributed by atoms with van der Waals surface area (Å²) in [5, 5.41) is 0. The molecule has 4 fully saturated rings. The third kappa shape index (κ3) is 7.04. The first-order chi connectivity index (χ1) is 20.5. The molecule has 0 amide bonds. The summed E-state index contributed by atoms with van der Waals surface area (Å²) in [6.45, 7) is 10.9. The quantitative estimate of drug-likeness (QED) is 0.195. The van der Waals surface area contributed by atoms with Crippen molar-refractivity contribution >= 4 is 33.7 Å². The maximum absolute atomic E-state index is 4.93. The van der Waals surface area contributed by atoms with Crippen molar-refractivity contribution in [1.29, 1.82) is 0 Å². The SMILES string of the molecule is CCCCC1CCC([SiH](C)[SiH](C)C2C(C)CC3C2CC2CCCC2C3C2c3ccccc3-c3ccccc32)C1.[CH3-].[CH3-].[Cl][Zr+2][Cl]. The van der Waals surface area contributed by atoms with Crippen LogP contribution in [0, 0.1) is 56.3 Å². The number of fused-ring (bicyclic) bond motifs is 5.